The number of benzene rings is 1. The quantitative estimate of drug-likeness (QED) is 0.365. The summed E-state index contributed by atoms with van der Waals surface area (Å²) < 4.78 is 15.9. The molecular formula is C16H22O9. The van der Waals surface area contributed by atoms with Crippen LogP contribution in [0.5, 0.6) is 11.5 Å². The third-order valence-electron chi connectivity index (χ3n) is 3.92. The first kappa shape index (κ1) is 19.6. The van der Waals surface area contributed by atoms with Crippen LogP contribution in [0.2, 0.25) is 0 Å². The molecule has 5 N–H and O–H groups in total. The van der Waals surface area contributed by atoms with Gasteiger partial charge in [-0.15, -0.1) is 0 Å². The number of rotatable bonds is 7. The van der Waals surface area contributed by atoms with Crippen molar-refractivity contribution in [2.45, 2.75) is 37.1 Å². The molecule has 1 aromatic rings. The van der Waals surface area contributed by atoms with Crippen molar-refractivity contribution >= 4 is 5.78 Å². The Hall–Kier alpha value is -1.75. The Morgan fingerprint density at radius 2 is 1.84 bits per heavy atom. The van der Waals surface area contributed by atoms with E-state index in [-0.39, 0.29) is 30.3 Å². The van der Waals surface area contributed by atoms with Crippen LogP contribution in [0.4, 0.5) is 0 Å². The lowest BCUT2D eigenvalue weighted by molar-refractivity contribution is -0.277. The van der Waals surface area contributed by atoms with Gasteiger partial charge in [0.15, 0.2) is 17.3 Å². The van der Waals surface area contributed by atoms with Gasteiger partial charge < -0.3 is 39.7 Å². The summed E-state index contributed by atoms with van der Waals surface area (Å²) in [5, 5.41) is 47.5. The molecule has 9 heteroatoms. The fraction of sp³-hybridized carbons (Fsp3) is 0.562. The zero-order valence-corrected chi connectivity index (χ0v) is 13.6. The Labute approximate surface area is 144 Å². The Bertz CT molecular complexity index is 589. The summed E-state index contributed by atoms with van der Waals surface area (Å²) in [7, 11) is 1.36. The molecule has 25 heavy (non-hydrogen) atoms. The fourth-order valence-corrected chi connectivity index (χ4v) is 2.47. The van der Waals surface area contributed by atoms with Crippen LogP contribution in [-0.2, 0) is 4.74 Å². The van der Waals surface area contributed by atoms with Gasteiger partial charge in [0.05, 0.1) is 20.3 Å². The zero-order chi connectivity index (χ0) is 18.6. The van der Waals surface area contributed by atoms with Crippen LogP contribution in [0.15, 0.2) is 18.2 Å². The molecule has 1 aromatic carbocycles. The second kappa shape index (κ2) is 8.56. The predicted molar refractivity (Wildman–Crippen MR) is 83.4 cm³/mol. The van der Waals surface area contributed by atoms with Gasteiger partial charge in [-0.1, -0.05) is 0 Å². The zero-order valence-electron chi connectivity index (χ0n) is 13.6. The summed E-state index contributed by atoms with van der Waals surface area (Å²) in [4.78, 5) is 11.8. The molecular weight excluding hydrogens is 336 g/mol. The molecule has 0 radical (unpaired) electrons. The third-order valence-corrected chi connectivity index (χ3v) is 3.92. The summed E-state index contributed by atoms with van der Waals surface area (Å²) in [6.45, 7) is -0.846. The lowest BCUT2D eigenvalue weighted by atomic mass is 9.99. The van der Waals surface area contributed by atoms with Crippen LogP contribution in [0.1, 0.15) is 16.8 Å². The van der Waals surface area contributed by atoms with E-state index in [2.05, 4.69) is 0 Å². The molecule has 0 aliphatic carbocycles. The third kappa shape index (κ3) is 4.27. The minimum absolute atomic E-state index is 0.0317. The van der Waals surface area contributed by atoms with Gasteiger partial charge in [-0.05, 0) is 18.2 Å². The summed E-state index contributed by atoms with van der Waals surface area (Å²) in [5.74, 6) is 0.0355. The largest absolute Gasteiger partial charge is 0.493 e. The lowest BCUT2D eigenvalue weighted by Crippen LogP contribution is -2.60. The van der Waals surface area contributed by atoms with Crippen molar-refractivity contribution in [3.05, 3.63) is 23.8 Å². The summed E-state index contributed by atoms with van der Waals surface area (Å²) >= 11 is 0. The normalized spacial score (nSPS) is 29.3. The molecule has 140 valence electrons. The monoisotopic (exact) mass is 358 g/mol. The van der Waals surface area contributed by atoms with Crippen LogP contribution in [0.3, 0.4) is 0 Å². The van der Waals surface area contributed by atoms with Gasteiger partial charge in [0.1, 0.15) is 24.4 Å². The number of ether oxygens (including phenoxy) is 3. The number of hydrogen-bond acceptors (Lipinski definition) is 9. The van der Waals surface area contributed by atoms with Crippen molar-refractivity contribution in [2.75, 3.05) is 20.3 Å². The van der Waals surface area contributed by atoms with Crippen molar-refractivity contribution in [3.63, 3.8) is 0 Å². The van der Waals surface area contributed by atoms with Crippen molar-refractivity contribution in [1.82, 2.24) is 0 Å². The van der Waals surface area contributed by atoms with Crippen molar-refractivity contribution in [2.24, 2.45) is 0 Å². The number of hydrogen-bond donors (Lipinski definition) is 5. The van der Waals surface area contributed by atoms with Crippen LogP contribution < -0.4 is 9.47 Å². The number of methoxy groups -OCH3 is 1. The minimum atomic E-state index is -1.56. The topological polar surface area (TPSA) is 146 Å². The van der Waals surface area contributed by atoms with E-state index in [0.717, 1.165) is 0 Å². The number of aliphatic hydroxyl groups is 5. The number of carbonyl (C=O) groups is 1. The number of Topliss-reactive ketones (excluding diaryl/α,β-unsaturated/α-hetero) is 1. The molecule has 1 heterocycles. The lowest BCUT2D eigenvalue weighted by Gasteiger charge is -2.39. The van der Waals surface area contributed by atoms with Crippen molar-refractivity contribution in [1.29, 1.82) is 0 Å². The van der Waals surface area contributed by atoms with E-state index < -0.39 is 37.3 Å². The molecule has 0 spiro atoms. The standard InChI is InChI=1S/C16H22O9/c1-23-11-6-8(9(19)4-5-17)2-3-10(11)24-16-15(22)14(21)13(20)12(7-18)25-16/h2-3,6,12-18,20-22H,4-5,7H2,1H3/t12-,13-,14+,15-,16-/m1/s1. The molecule has 0 bridgehead atoms. The molecule has 1 fully saturated rings. The van der Waals surface area contributed by atoms with Gasteiger partial charge in [-0.25, -0.2) is 0 Å². The summed E-state index contributed by atoms with van der Waals surface area (Å²) in [6.07, 6.45) is -7.09. The molecule has 0 unspecified atom stereocenters. The van der Waals surface area contributed by atoms with Gasteiger partial charge in [0, 0.05) is 12.0 Å². The Morgan fingerprint density at radius 1 is 1.12 bits per heavy atom. The van der Waals surface area contributed by atoms with Gasteiger partial charge in [-0.3, -0.25) is 4.79 Å². The van der Waals surface area contributed by atoms with E-state index in [1.807, 2.05) is 0 Å². The predicted octanol–water partition coefficient (Wildman–Crippen LogP) is -1.56. The summed E-state index contributed by atoms with van der Waals surface area (Å²) in [6, 6.07) is 4.29. The maximum absolute atomic E-state index is 11.8. The fourth-order valence-electron chi connectivity index (χ4n) is 2.47. The highest BCUT2D eigenvalue weighted by Crippen LogP contribution is 2.32. The summed E-state index contributed by atoms with van der Waals surface area (Å²) in [5.41, 5.74) is 0.312. The highest BCUT2D eigenvalue weighted by molar-refractivity contribution is 5.96. The van der Waals surface area contributed by atoms with Gasteiger partial charge >= 0.3 is 0 Å². The maximum Gasteiger partial charge on any atom is 0.229 e. The van der Waals surface area contributed by atoms with Gasteiger partial charge in [-0.2, -0.15) is 0 Å². The molecule has 2 rings (SSSR count). The van der Waals surface area contributed by atoms with Crippen LogP contribution in [0.25, 0.3) is 0 Å². The molecule has 0 amide bonds. The molecule has 0 saturated carbocycles. The van der Waals surface area contributed by atoms with E-state index in [0.29, 0.717) is 5.56 Å². The van der Waals surface area contributed by atoms with Gasteiger partial charge in [0.25, 0.3) is 0 Å². The average Bonchev–Trinajstić information content (AvgIpc) is 2.62. The Balaban J connectivity index is 2.19. The van der Waals surface area contributed by atoms with E-state index in [1.165, 1.54) is 25.3 Å². The van der Waals surface area contributed by atoms with Gasteiger partial charge in [0.2, 0.25) is 6.29 Å². The number of ketones is 1. The molecule has 1 aliphatic rings. The molecule has 9 nitrogen and oxygen atoms in total. The molecule has 1 saturated heterocycles. The molecule has 1 aliphatic heterocycles. The van der Waals surface area contributed by atoms with E-state index in [9.17, 15) is 25.2 Å². The first-order valence-electron chi connectivity index (χ1n) is 7.72. The Morgan fingerprint density at radius 3 is 2.44 bits per heavy atom. The average molecular weight is 358 g/mol. The second-order valence-electron chi connectivity index (χ2n) is 5.58. The molecule has 0 aromatic heterocycles. The van der Waals surface area contributed by atoms with E-state index in [1.54, 1.807) is 0 Å². The minimum Gasteiger partial charge on any atom is -0.493 e. The highest BCUT2D eigenvalue weighted by atomic mass is 16.7. The number of aliphatic hydroxyl groups excluding tert-OH is 5. The van der Waals surface area contributed by atoms with E-state index in [4.69, 9.17) is 19.3 Å². The van der Waals surface area contributed by atoms with Crippen molar-refractivity contribution < 1.29 is 44.5 Å². The van der Waals surface area contributed by atoms with Crippen molar-refractivity contribution in [3.8, 4) is 11.5 Å². The second-order valence-corrected chi connectivity index (χ2v) is 5.58. The van der Waals surface area contributed by atoms with Crippen LogP contribution in [0, 0.1) is 0 Å². The SMILES string of the molecule is COc1cc(C(=O)CCO)ccc1O[C@@H]1O[C@H](CO)[C@@H](O)[C@H](O)[C@H]1O. The Kier molecular flexibility index (Phi) is 6.71. The first-order valence-corrected chi connectivity index (χ1v) is 7.72. The highest BCUT2D eigenvalue weighted by Gasteiger charge is 2.44. The van der Waals surface area contributed by atoms with Crippen LogP contribution in [-0.4, -0.2) is 82.3 Å². The first-order chi connectivity index (χ1) is 11.9. The molecule has 5 atom stereocenters. The number of carbonyl (C=O) groups excluding carboxylic acids is 1. The maximum atomic E-state index is 11.8. The van der Waals surface area contributed by atoms with E-state index >= 15 is 0 Å². The smallest absolute Gasteiger partial charge is 0.229 e. The van der Waals surface area contributed by atoms with Crippen LogP contribution >= 0.6 is 0 Å².